The molecule has 3 unspecified atom stereocenters. The van der Waals surface area contributed by atoms with Crippen LogP contribution in [0.1, 0.15) is 70.2 Å². The Morgan fingerprint density at radius 2 is 1.91 bits per heavy atom. The Kier molecular flexibility index (Phi) is 6.59. The zero-order chi connectivity index (χ0) is 24.7. The van der Waals surface area contributed by atoms with Crippen molar-refractivity contribution < 1.29 is 13.2 Å². The van der Waals surface area contributed by atoms with Crippen molar-refractivity contribution >= 4 is 27.4 Å². The van der Waals surface area contributed by atoms with Crippen LogP contribution in [0.5, 0.6) is 0 Å². The number of carbonyl (C=O) groups is 1. The van der Waals surface area contributed by atoms with Crippen LogP contribution in [0.25, 0.3) is 0 Å². The molecule has 2 aliphatic rings. The van der Waals surface area contributed by atoms with Crippen molar-refractivity contribution in [3.8, 4) is 0 Å². The molecule has 3 heterocycles. The quantitative estimate of drug-likeness (QED) is 0.634. The van der Waals surface area contributed by atoms with Crippen LogP contribution in [-0.4, -0.2) is 42.4 Å². The van der Waals surface area contributed by atoms with Gasteiger partial charge in [-0.25, -0.2) is 18.4 Å². The molecular formula is C25H35N5O3S. The number of nitrogens with one attached hydrogen (secondary N) is 1. The van der Waals surface area contributed by atoms with E-state index in [9.17, 15) is 13.2 Å². The maximum absolute atomic E-state index is 13.7. The molecule has 1 aliphatic carbocycles. The third-order valence-electron chi connectivity index (χ3n) is 7.20. The summed E-state index contributed by atoms with van der Waals surface area (Å²) in [7, 11) is -4.11. The van der Waals surface area contributed by atoms with Gasteiger partial charge in [0, 0.05) is 24.3 Å². The van der Waals surface area contributed by atoms with Crippen molar-refractivity contribution in [1.82, 2.24) is 9.97 Å². The standard InChI is InChI=1S/C25H35N5O3S/c1-16-14-25(3,4)30(15-16)24-22(23(26)31)19(12-13-27-24)34(32,33)21-11-7-10-20(29-21)28-18-9-6-5-8-17(18)2/h7,10-13,16-18H,5-6,8-9,14-15H2,1-4H3,(H2,26,31)(H,28,29). The Morgan fingerprint density at radius 1 is 1.18 bits per heavy atom. The predicted octanol–water partition coefficient (Wildman–Crippen LogP) is 4.02. The highest BCUT2D eigenvalue weighted by Crippen LogP contribution is 2.39. The number of hydrogen-bond acceptors (Lipinski definition) is 7. The van der Waals surface area contributed by atoms with Crippen molar-refractivity contribution in [3.63, 3.8) is 0 Å². The van der Waals surface area contributed by atoms with Crippen molar-refractivity contribution in [2.75, 3.05) is 16.8 Å². The Morgan fingerprint density at radius 3 is 2.56 bits per heavy atom. The summed E-state index contributed by atoms with van der Waals surface area (Å²) >= 11 is 0. The van der Waals surface area contributed by atoms with Gasteiger partial charge < -0.3 is 16.0 Å². The highest BCUT2D eigenvalue weighted by atomic mass is 32.2. The molecule has 0 aromatic carbocycles. The normalized spacial score (nSPS) is 24.7. The highest BCUT2D eigenvalue weighted by molar-refractivity contribution is 7.91. The van der Waals surface area contributed by atoms with E-state index in [-0.39, 0.29) is 27.1 Å². The van der Waals surface area contributed by atoms with E-state index >= 15 is 0 Å². The number of pyridine rings is 2. The van der Waals surface area contributed by atoms with Gasteiger partial charge in [-0.05, 0) is 63.1 Å². The van der Waals surface area contributed by atoms with E-state index in [1.54, 1.807) is 12.1 Å². The summed E-state index contributed by atoms with van der Waals surface area (Å²) in [6, 6.07) is 6.51. The number of aromatic nitrogens is 2. The molecule has 3 N–H and O–H groups in total. The lowest BCUT2D eigenvalue weighted by molar-refractivity contribution is 0.0997. The van der Waals surface area contributed by atoms with E-state index in [0.717, 1.165) is 25.7 Å². The zero-order valence-corrected chi connectivity index (χ0v) is 21.2. The minimum atomic E-state index is -4.11. The number of hydrogen-bond donors (Lipinski definition) is 2. The summed E-state index contributed by atoms with van der Waals surface area (Å²) in [5.41, 5.74) is 5.39. The second kappa shape index (κ2) is 9.17. The van der Waals surface area contributed by atoms with Crippen molar-refractivity contribution in [1.29, 1.82) is 0 Å². The highest BCUT2D eigenvalue weighted by Gasteiger charge is 2.40. The van der Waals surface area contributed by atoms with Gasteiger partial charge in [0.05, 0.1) is 4.90 Å². The second-order valence-electron chi connectivity index (χ2n) is 10.5. The molecule has 2 aromatic rings. The molecule has 9 heteroatoms. The lowest BCUT2D eigenvalue weighted by Gasteiger charge is -2.34. The fourth-order valence-electron chi connectivity index (χ4n) is 5.53. The van der Waals surface area contributed by atoms with Crippen molar-refractivity contribution in [2.45, 2.75) is 81.3 Å². The maximum Gasteiger partial charge on any atom is 0.253 e. The lowest BCUT2D eigenvalue weighted by atomic mass is 9.86. The van der Waals surface area contributed by atoms with Crippen LogP contribution in [-0.2, 0) is 9.84 Å². The van der Waals surface area contributed by atoms with E-state index in [0.29, 0.717) is 30.0 Å². The number of nitrogens with zero attached hydrogens (tertiary/aromatic N) is 3. The Balaban J connectivity index is 1.74. The molecular weight excluding hydrogens is 450 g/mol. The van der Waals surface area contributed by atoms with Crippen molar-refractivity contribution in [3.05, 3.63) is 36.0 Å². The average molecular weight is 486 g/mol. The number of amides is 1. The molecule has 34 heavy (non-hydrogen) atoms. The number of carbonyl (C=O) groups excluding carboxylic acids is 1. The molecule has 0 bridgehead atoms. The Hall–Kier alpha value is -2.68. The molecule has 1 aliphatic heterocycles. The monoisotopic (exact) mass is 485 g/mol. The van der Waals surface area contributed by atoms with E-state index in [1.807, 2.05) is 4.90 Å². The second-order valence-corrected chi connectivity index (χ2v) is 12.3. The van der Waals surface area contributed by atoms with Gasteiger partial charge in [0.25, 0.3) is 5.91 Å². The smallest absolute Gasteiger partial charge is 0.253 e. The molecule has 1 saturated carbocycles. The summed E-state index contributed by atoms with van der Waals surface area (Å²) in [6.07, 6.45) is 6.87. The van der Waals surface area contributed by atoms with Gasteiger partial charge in [-0.2, -0.15) is 0 Å². The van der Waals surface area contributed by atoms with Gasteiger partial charge in [-0.3, -0.25) is 4.79 Å². The third-order valence-corrected chi connectivity index (χ3v) is 8.90. The van der Waals surface area contributed by atoms with Crippen LogP contribution in [0, 0.1) is 11.8 Å². The predicted molar refractivity (Wildman–Crippen MR) is 133 cm³/mol. The van der Waals surface area contributed by atoms with Gasteiger partial charge in [-0.1, -0.05) is 32.8 Å². The number of primary amides is 1. The number of nitrogens with two attached hydrogens (primary N) is 1. The topological polar surface area (TPSA) is 118 Å². The number of sulfone groups is 1. The van der Waals surface area contributed by atoms with Gasteiger partial charge >= 0.3 is 0 Å². The van der Waals surface area contributed by atoms with Crippen LogP contribution >= 0.6 is 0 Å². The van der Waals surface area contributed by atoms with Gasteiger partial charge in [0.2, 0.25) is 9.84 Å². The maximum atomic E-state index is 13.7. The van der Waals surface area contributed by atoms with Gasteiger partial charge in [0.15, 0.2) is 5.03 Å². The van der Waals surface area contributed by atoms with Crippen LogP contribution in [0.2, 0.25) is 0 Å². The van der Waals surface area contributed by atoms with Crippen LogP contribution in [0.15, 0.2) is 40.4 Å². The molecule has 3 atom stereocenters. The Bertz CT molecular complexity index is 1180. The minimum absolute atomic E-state index is 0.0780. The molecule has 8 nitrogen and oxygen atoms in total. The zero-order valence-electron chi connectivity index (χ0n) is 20.4. The molecule has 184 valence electrons. The summed E-state index contributed by atoms with van der Waals surface area (Å²) in [5.74, 6) is 0.885. The minimum Gasteiger partial charge on any atom is -0.367 e. The summed E-state index contributed by atoms with van der Waals surface area (Å²) in [5, 5.41) is 3.30. The first-order valence-electron chi connectivity index (χ1n) is 12.1. The molecule has 0 spiro atoms. The SMILES string of the molecule is CC1CN(c2nccc(S(=O)(=O)c3cccc(NC4CCCCC4C)n3)c2C(N)=O)C(C)(C)C1. The first kappa shape index (κ1) is 24.4. The summed E-state index contributed by atoms with van der Waals surface area (Å²) in [4.78, 5) is 23.3. The van der Waals surface area contributed by atoms with Crippen LogP contribution in [0.3, 0.4) is 0 Å². The molecule has 1 saturated heterocycles. The molecule has 2 aromatic heterocycles. The summed E-state index contributed by atoms with van der Waals surface area (Å²) < 4.78 is 27.4. The van der Waals surface area contributed by atoms with Crippen molar-refractivity contribution in [2.24, 2.45) is 17.6 Å². The first-order valence-corrected chi connectivity index (χ1v) is 13.5. The first-order chi connectivity index (χ1) is 16.0. The van der Waals surface area contributed by atoms with E-state index in [1.165, 1.54) is 24.8 Å². The number of rotatable bonds is 6. The fourth-order valence-corrected chi connectivity index (χ4v) is 6.93. The molecule has 0 radical (unpaired) electrons. The van der Waals surface area contributed by atoms with E-state index < -0.39 is 15.7 Å². The molecule has 1 amide bonds. The van der Waals surface area contributed by atoms with Crippen LogP contribution < -0.4 is 16.0 Å². The molecule has 4 rings (SSSR count). The average Bonchev–Trinajstić information content (AvgIpc) is 3.06. The van der Waals surface area contributed by atoms with Gasteiger partial charge in [0.1, 0.15) is 17.2 Å². The van der Waals surface area contributed by atoms with Crippen LogP contribution in [0.4, 0.5) is 11.6 Å². The lowest BCUT2D eigenvalue weighted by Crippen LogP contribution is -2.40. The number of anilines is 2. The largest absolute Gasteiger partial charge is 0.367 e. The summed E-state index contributed by atoms with van der Waals surface area (Å²) in [6.45, 7) is 9.12. The third kappa shape index (κ3) is 4.62. The van der Waals surface area contributed by atoms with E-state index in [2.05, 4.69) is 43.0 Å². The van der Waals surface area contributed by atoms with Gasteiger partial charge in [-0.15, -0.1) is 0 Å². The Labute approximate surface area is 202 Å². The fraction of sp³-hybridized carbons (Fsp3) is 0.560. The molecule has 2 fully saturated rings. The van der Waals surface area contributed by atoms with E-state index in [4.69, 9.17) is 5.73 Å².